The molecule has 0 aromatic carbocycles. The van der Waals surface area contributed by atoms with Crippen LogP contribution in [-0.2, 0) is 16.1 Å². The Labute approximate surface area is 155 Å². The van der Waals surface area contributed by atoms with Gasteiger partial charge in [-0.25, -0.2) is 4.98 Å². The quantitative estimate of drug-likeness (QED) is 0.783. The lowest BCUT2D eigenvalue weighted by Gasteiger charge is -2.39. The first-order valence-corrected chi connectivity index (χ1v) is 10.1. The highest BCUT2D eigenvalue weighted by atomic mass is 16.2. The van der Waals surface area contributed by atoms with Gasteiger partial charge >= 0.3 is 0 Å². The van der Waals surface area contributed by atoms with Crippen molar-refractivity contribution in [3.05, 3.63) is 18.2 Å². The molecule has 3 fully saturated rings. The number of amides is 2. The maximum atomic E-state index is 13.1. The number of imidazole rings is 1. The highest BCUT2D eigenvalue weighted by Crippen LogP contribution is 2.41. The summed E-state index contributed by atoms with van der Waals surface area (Å²) in [6.07, 6.45) is 10.6. The summed E-state index contributed by atoms with van der Waals surface area (Å²) in [5, 5.41) is 0. The molecule has 1 spiro atoms. The first-order chi connectivity index (χ1) is 12.6. The van der Waals surface area contributed by atoms with Crippen LogP contribution in [0.1, 0.15) is 50.8 Å². The molecule has 0 bridgehead atoms. The summed E-state index contributed by atoms with van der Waals surface area (Å²) in [5.74, 6) is 2.24. The van der Waals surface area contributed by atoms with E-state index in [2.05, 4.69) is 14.5 Å². The van der Waals surface area contributed by atoms with Crippen LogP contribution >= 0.6 is 0 Å². The summed E-state index contributed by atoms with van der Waals surface area (Å²) >= 11 is 0. The van der Waals surface area contributed by atoms with E-state index in [0.29, 0.717) is 18.9 Å². The molecule has 3 heterocycles. The highest BCUT2D eigenvalue weighted by Gasteiger charge is 2.49. The van der Waals surface area contributed by atoms with Crippen molar-refractivity contribution >= 4 is 11.8 Å². The van der Waals surface area contributed by atoms with Gasteiger partial charge in [0.15, 0.2) is 0 Å². The molecule has 26 heavy (non-hydrogen) atoms. The molecule has 6 nitrogen and oxygen atoms in total. The molecule has 3 aliphatic rings. The zero-order valence-corrected chi connectivity index (χ0v) is 15.8. The predicted octanol–water partition coefficient (Wildman–Crippen LogP) is 2.22. The molecule has 1 aromatic rings. The first-order valence-electron chi connectivity index (χ1n) is 10.1. The Kier molecular flexibility index (Phi) is 4.76. The van der Waals surface area contributed by atoms with Crippen molar-refractivity contribution in [2.75, 3.05) is 26.2 Å². The molecule has 0 N–H and O–H groups in total. The van der Waals surface area contributed by atoms with Crippen molar-refractivity contribution < 1.29 is 9.59 Å². The molecule has 4 rings (SSSR count). The van der Waals surface area contributed by atoms with E-state index in [-0.39, 0.29) is 11.3 Å². The van der Waals surface area contributed by atoms with E-state index in [1.165, 1.54) is 12.8 Å². The third-order valence-electron chi connectivity index (χ3n) is 6.42. The van der Waals surface area contributed by atoms with Gasteiger partial charge in [0.1, 0.15) is 5.82 Å². The number of rotatable bonds is 6. The van der Waals surface area contributed by atoms with E-state index in [0.717, 1.165) is 63.6 Å². The number of hydrogen-bond acceptors (Lipinski definition) is 3. The fourth-order valence-electron chi connectivity index (χ4n) is 4.60. The number of nitrogens with zero attached hydrogens (tertiary/aromatic N) is 4. The average Bonchev–Trinajstić information content (AvgIpc) is 3.19. The maximum absolute atomic E-state index is 13.1. The fraction of sp³-hybridized carbons (Fsp3) is 0.750. The zero-order chi connectivity index (χ0) is 18.1. The highest BCUT2D eigenvalue weighted by molar-refractivity contribution is 5.86. The van der Waals surface area contributed by atoms with E-state index in [1.54, 1.807) is 6.20 Å². The van der Waals surface area contributed by atoms with Crippen molar-refractivity contribution in [2.45, 2.75) is 58.4 Å². The lowest BCUT2D eigenvalue weighted by Crippen LogP contribution is -2.50. The molecular formula is C20H30N4O2. The van der Waals surface area contributed by atoms with Crippen LogP contribution in [0.5, 0.6) is 0 Å². The second-order valence-electron chi connectivity index (χ2n) is 8.42. The van der Waals surface area contributed by atoms with Crippen LogP contribution in [0.25, 0.3) is 0 Å². The largest absolute Gasteiger partial charge is 0.342 e. The predicted molar refractivity (Wildman–Crippen MR) is 98.4 cm³/mol. The average molecular weight is 358 g/mol. The van der Waals surface area contributed by atoms with Crippen LogP contribution < -0.4 is 0 Å². The Morgan fingerprint density at radius 1 is 1.31 bits per heavy atom. The van der Waals surface area contributed by atoms with E-state index in [1.807, 2.05) is 18.0 Å². The van der Waals surface area contributed by atoms with Crippen LogP contribution in [0.3, 0.4) is 0 Å². The summed E-state index contributed by atoms with van der Waals surface area (Å²) in [7, 11) is 0. The molecule has 6 heteroatoms. The normalized spacial score (nSPS) is 26.1. The topological polar surface area (TPSA) is 58.4 Å². The lowest BCUT2D eigenvalue weighted by molar-refractivity contribution is -0.146. The molecule has 1 saturated carbocycles. The van der Waals surface area contributed by atoms with Crippen LogP contribution in [0.2, 0.25) is 0 Å². The minimum Gasteiger partial charge on any atom is -0.342 e. The Morgan fingerprint density at radius 2 is 2.15 bits per heavy atom. The number of hydrogen-bond donors (Lipinski definition) is 0. The molecule has 1 aromatic heterocycles. The van der Waals surface area contributed by atoms with Crippen LogP contribution in [-0.4, -0.2) is 57.3 Å². The molecule has 1 unspecified atom stereocenters. The van der Waals surface area contributed by atoms with Crippen LogP contribution in [0.4, 0.5) is 0 Å². The Bertz CT molecular complexity index is 681. The van der Waals surface area contributed by atoms with Gasteiger partial charge < -0.3 is 14.4 Å². The number of aryl methyl sites for hydroxylation is 2. The second kappa shape index (κ2) is 7.05. The van der Waals surface area contributed by atoms with Gasteiger partial charge in [-0.3, -0.25) is 9.59 Å². The van der Waals surface area contributed by atoms with Gasteiger partial charge in [0, 0.05) is 51.5 Å². The van der Waals surface area contributed by atoms with Gasteiger partial charge in [0.2, 0.25) is 11.8 Å². The minimum atomic E-state index is -0.288. The van der Waals surface area contributed by atoms with Crippen LogP contribution in [0.15, 0.2) is 12.4 Å². The van der Waals surface area contributed by atoms with Crippen molar-refractivity contribution in [3.8, 4) is 0 Å². The Hall–Kier alpha value is -1.85. The number of aromatic nitrogens is 2. The van der Waals surface area contributed by atoms with Crippen molar-refractivity contribution in [1.82, 2.24) is 19.4 Å². The number of piperidine rings is 1. The third-order valence-corrected chi connectivity index (χ3v) is 6.42. The summed E-state index contributed by atoms with van der Waals surface area (Å²) in [4.78, 5) is 34.0. The van der Waals surface area contributed by atoms with Gasteiger partial charge in [0.25, 0.3) is 0 Å². The number of carbonyl (C=O) groups excluding carboxylic acids is 2. The number of likely N-dealkylation sites (tertiary alicyclic amines) is 2. The SMILES string of the molecule is Cc1nccn1CCCC(=O)N1CCC2(CCCN(CC3CC3)C2=O)C1. The minimum absolute atomic E-state index is 0.201. The summed E-state index contributed by atoms with van der Waals surface area (Å²) in [6.45, 7) is 6.04. The molecular weight excluding hydrogens is 328 g/mol. The monoisotopic (exact) mass is 358 g/mol. The van der Waals surface area contributed by atoms with Crippen molar-refractivity contribution in [1.29, 1.82) is 0 Å². The van der Waals surface area contributed by atoms with E-state index in [4.69, 9.17) is 0 Å². The lowest BCUT2D eigenvalue weighted by atomic mass is 9.78. The van der Waals surface area contributed by atoms with Gasteiger partial charge in [-0.15, -0.1) is 0 Å². The molecule has 142 valence electrons. The Balaban J connectivity index is 1.30. The smallest absolute Gasteiger partial charge is 0.230 e. The second-order valence-corrected chi connectivity index (χ2v) is 8.42. The molecule has 2 aliphatic heterocycles. The summed E-state index contributed by atoms with van der Waals surface area (Å²) in [6, 6.07) is 0. The molecule has 1 atom stereocenters. The third kappa shape index (κ3) is 3.51. The van der Waals surface area contributed by atoms with E-state index >= 15 is 0 Å². The maximum Gasteiger partial charge on any atom is 0.230 e. The van der Waals surface area contributed by atoms with E-state index in [9.17, 15) is 9.59 Å². The molecule has 2 saturated heterocycles. The number of carbonyl (C=O) groups is 2. The first kappa shape index (κ1) is 17.6. The summed E-state index contributed by atoms with van der Waals surface area (Å²) < 4.78 is 2.08. The van der Waals surface area contributed by atoms with Gasteiger partial charge in [-0.2, -0.15) is 0 Å². The molecule has 0 radical (unpaired) electrons. The molecule has 2 amide bonds. The summed E-state index contributed by atoms with van der Waals surface area (Å²) in [5.41, 5.74) is -0.288. The van der Waals surface area contributed by atoms with Crippen molar-refractivity contribution in [3.63, 3.8) is 0 Å². The van der Waals surface area contributed by atoms with E-state index < -0.39 is 0 Å². The van der Waals surface area contributed by atoms with Gasteiger partial charge in [-0.05, 0) is 51.4 Å². The molecule has 1 aliphatic carbocycles. The fourth-order valence-corrected chi connectivity index (χ4v) is 4.60. The van der Waals surface area contributed by atoms with Gasteiger partial charge in [-0.1, -0.05) is 0 Å². The van der Waals surface area contributed by atoms with Crippen LogP contribution in [0, 0.1) is 18.3 Å². The zero-order valence-electron chi connectivity index (χ0n) is 15.8. The van der Waals surface area contributed by atoms with Crippen molar-refractivity contribution in [2.24, 2.45) is 11.3 Å². The Morgan fingerprint density at radius 3 is 2.88 bits per heavy atom. The standard InChI is InChI=1S/C20H30N4O2/c1-16-21-9-13-22(16)10-2-4-18(25)24-12-8-20(15-24)7-3-11-23(19(20)26)14-17-5-6-17/h9,13,17H,2-8,10-12,14-15H2,1H3. The van der Waals surface area contributed by atoms with Gasteiger partial charge in [0.05, 0.1) is 5.41 Å².